The van der Waals surface area contributed by atoms with Gasteiger partial charge in [0.2, 0.25) is 0 Å². The number of aromatic nitrogens is 1. The number of rotatable bonds is 6. The summed E-state index contributed by atoms with van der Waals surface area (Å²) in [6.07, 6.45) is 2.11. The maximum Gasteiger partial charge on any atom is 0.508 e. The molecule has 102 valence electrons. The first kappa shape index (κ1) is 13.8. The van der Waals surface area contributed by atoms with Crippen molar-refractivity contribution in [3.8, 4) is 0 Å². The molecule has 0 aliphatic carbocycles. The monoisotopic (exact) mass is 279 g/mol. The number of unbranched alkanes of at least 4 members (excludes halogenated alkanes) is 1. The molecule has 0 aliphatic rings. The summed E-state index contributed by atoms with van der Waals surface area (Å²) in [5, 5.41) is 1.24. The van der Waals surface area contributed by atoms with Crippen molar-refractivity contribution in [1.82, 2.24) is 4.37 Å². The Morgan fingerprint density at radius 2 is 2.11 bits per heavy atom. The molecule has 0 N–H and O–H groups in total. The molecule has 5 heteroatoms. The first-order chi connectivity index (χ1) is 9.31. The van der Waals surface area contributed by atoms with Gasteiger partial charge in [0.25, 0.3) is 0 Å². The van der Waals surface area contributed by atoms with Gasteiger partial charge in [-0.05, 0) is 43.8 Å². The summed E-state index contributed by atoms with van der Waals surface area (Å²) in [6, 6.07) is 8.24. The maximum atomic E-state index is 11.0. The van der Waals surface area contributed by atoms with Gasteiger partial charge in [-0.2, -0.15) is 4.37 Å². The van der Waals surface area contributed by atoms with E-state index in [1.807, 2.05) is 12.1 Å². The van der Waals surface area contributed by atoms with Crippen molar-refractivity contribution in [2.75, 3.05) is 13.2 Å². The highest BCUT2D eigenvalue weighted by molar-refractivity contribution is 7.13. The Morgan fingerprint density at radius 1 is 1.26 bits per heavy atom. The number of ether oxygens (including phenoxy) is 2. The topological polar surface area (TPSA) is 48.4 Å². The average molecular weight is 279 g/mol. The first-order valence-electron chi connectivity index (χ1n) is 6.44. The van der Waals surface area contributed by atoms with Crippen LogP contribution < -0.4 is 0 Å². The van der Waals surface area contributed by atoms with Gasteiger partial charge in [0, 0.05) is 5.39 Å². The van der Waals surface area contributed by atoms with E-state index in [1.165, 1.54) is 21.6 Å². The number of aryl methyl sites for hydroxylation is 1. The van der Waals surface area contributed by atoms with Crippen molar-refractivity contribution in [1.29, 1.82) is 0 Å². The first-order valence-corrected chi connectivity index (χ1v) is 7.21. The molecule has 0 amide bonds. The predicted octanol–water partition coefficient (Wildman–Crippen LogP) is 3.79. The molecule has 0 saturated heterocycles. The second-order valence-electron chi connectivity index (χ2n) is 4.11. The van der Waals surface area contributed by atoms with E-state index in [0.717, 1.165) is 25.0 Å². The third-order valence-corrected chi connectivity index (χ3v) is 3.61. The number of hydrogen-bond acceptors (Lipinski definition) is 5. The van der Waals surface area contributed by atoms with Crippen molar-refractivity contribution < 1.29 is 14.3 Å². The normalized spacial score (nSPS) is 10.6. The SMILES string of the molecule is CCOC(=O)OCCCCc1nsc2ccccc12. The van der Waals surface area contributed by atoms with Gasteiger partial charge in [-0.3, -0.25) is 0 Å². The van der Waals surface area contributed by atoms with Crippen LogP contribution in [0.25, 0.3) is 10.1 Å². The lowest BCUT2D eigenvalue weighted by Gasteiger charge is -2.03. The van der Waals surface area contributed by atoms with E-state index in [1.54, 1.807) is 6.92 Å². The minimum atomic E-state index is -0.582. The number of carbonyl (C=O) groups is 1. The molecule has 19 heavy (non-hydrogen) atoms. The molecule has 0 fully saturated rings. The van der Waals surface area contributed by atoms with Gasteiger partial charge in [-0.15, -0.1) is 0 Å². The van der Waals surface area contributed by atoms with Crippen molar-refractivity contribution in [2.45, 2.75) is 26.2 Å². The molecule has 0 atom stereocenters. The number of benzene rings is 1. The van der Waals surface area contributed by atoms with Crippen LogP contribution >= 0.6 is 11.5 Å². The highest BCUT2D eigenvalue weighted by atomic mass is 32.1. The quantitative estimate of drug-likeness (QED) is 0.596. The van der Waals surface area contributed by atoms with Crippen LogP contribution in [0, 0.1) is 0 Å². The van der Waals surface area contributed by atoms with E-state index >= 15 is 0 Å². The number of carbonyl (C=O) groups excluding carboxylic acids is 1. The van der Waals surface area contributed by atoms with E-state index < -0.39 is 6.16 Å². The molecule has 0 radical (unpaired) electrons. The Kier molecular flexibility index (Phi) is 5.15. The number of fused-ring (bicyclic) bond motifs is 1. The molecule has 0 aliphatic heterocycles. The largest absolute Gasteiger partial charge is 0.508 e. The fraction of sp³-hybridized carbons (Fsp3) is 0.429. The Bertz CT molecular complexity index is 538. The summed E-state index contributed by atoms with van der Waals surface area (Å²) >= 11 is 1.53. The highest BCUT2D eigenvalue weighted by Gasteiger charge is 2.05. The van der Waals surface area contributed by atoms with Crippen molar-refractivity contribution in [3.63, 3.8) is 0 Å². The fourth-order valence-electron chi connectivity index (χ4n) is 1.83. The number of hydrogen-bond donors (Lipinski definition) is 0. The Morgan fingerprint density at radius 3 is 2.95 bits per heavy atom. The fourth-order valence-corrected chi connectivity index (χ4v) is 2.65. The molecule has 1 aromatic heterocycles. The zero-order chi connectivity index (χ0) is 13.5. The Balaban J connectivity index is 1.73. The third-order valence-electron chi connectivity index (χ3n) is 2.74. The molecule has 1 heterocycles. The van der Waals surface area contributed by atoms with E-state index in [0.29, 0.717) is 13.2 Å². The summed E-state index contributed by atoms with van der Waals surface area (Å²) < 4.78 is 15.3. The smallest absolute Gasteiger partial charge is 0.435 e. The highest BCUT2D eigenvalue weighted by Crippen LogP contribution is 2.23. The summed E-state index contributed by atoms with van der Waals surface area (Å²) in [6.45, 7) is 2.51. The predicted molar refractivity (Wildman–Crippen MR) is 75.5 cm³/mol. The van der Waals surface area contributed by atoms with Gasteiger partial charge in [-0.1, -0.05) is 18.2 Å². The van der Waals surface area contributed by atoms with Gasteiger partial charge >= 0.3 is 6.16 Å². The van der Waals surface area contributed by atoms with Crippen LogP contribution in [0.4, 0.5) is 4.79 Å². The van der Waals surface area contributed by atoms with Crippen LogP contribution in [-0.2, 0) is 15.9 Å². The number of nitrogens with zero attached hydrogens (tertiary/aromatic N) is 1. The molecule has 4 nitrogen and oxygen atoms in total. The second kappa shape index (κ2) is 7.09. The van der Waals surface area contributed by atoms with Gasteiger partial charge in [0.15, 0.2) is 0 Å². The van der Waals surface area contributed by atoms with Crippen molar-refractivity contribution >= 4 is 27.8 Å². The van der Waals surface area contributed by atoms with Gasteiger partial charge < -0.3 is 9.47 Å². The molecule has 1 aromatic carbocycles. The molecular formula is C14H17NO3S. The zero-order valence-corrected chi connectivity index (χ0v) is 11.7. The van der Waals surface area contributed by atoms with Crippen LogP contribution in [0.2, 0.25) is 0 Å². The molecule has 2 rings (SSSR count). The van der Waals surface area contributed by atoms with E-state index in [9.17, 15) is 4.79 Å². The third kappa shape index (κ3) is 3.92. The summed E-state index contributed by atoms with van der Waals surface area (Å²) in [4.78, 5) is 11.0. The second-order valence-corrected chi connectivity index (χ2v) is 4.92. The van der Waals surface area contributed by atoms with Crippen molar-refractivity contribution in [2.24, 2.45) is 0 Å². The minimum Gasteiger partial charge on any atom is -0.435 e. The standard InChI is InChI=1S/C14H17NO3S/c1-2-17-14(16)18-10-6-5-8-12-11-7-3-4-9-13(11)19-15-12/h3-4,7,9H,2,5-6,8,10H2,1H3. The summed E-state index contributed by atoms with van der Waals surface area (Å²) in [7, 11) is 0. The van der Waals surface area contributed by atoms with E-state index in [2.05, 4.69) is 21.2 Å². The van der Waals surface area contributed by atoms with Crippen LogP contribution in [-0.4, -0.2) is 23.7 Å². The van der Waals surface area contributed by atoms with Gasteiger partial charge in [0.05, 0.1) is 23.6 Å². The van der Waals surface area contributed by atoms with Crippen LogP contribution in [0.1, 0.15) is 25.5 Å². The maximum absolute atomic E-state index is 11.0. The molecule has 0 unspecified atom stereocenters. The molecule has 0 bridgehead atoms. The minimum absolute atomic E-state index is 0.351. The van der Waals surface area contributed by atoms with E-state index in [-0.39, 0.29) is 0 Å². The lowest BCUT2D eigenvalue weighted by Crippen LogP contribution is -2.08. The molecule has 2 aromatic rings. The molecule has 0 saturated carbocycles. The van der Waals surface area contributed by atoms with Crippen LogP contribution in [0.5, 0.6) is 0 Å². The molecular weight excluding hydrogens is 262 g/mol. The van der Waals surface area contributed by atoms with Gasteiger partial charge in [-0.25, -0.2) is 4.79 Å². The lowest BCUT2D eigenvalue weighted by molar-refractivity contribution is 0.0580. The Hall–Kier alpha value is -1.62. The average Bonchev–Trinajstić information content (AvgIpc) is 2.82. The zero-order valence-electron chi connectivity index (χ0n) is 10.9. The summed E-state index contributed by atoms with van der Waals surface area (Å²) in [5.41, 5.74) is 1.14. The Labute approximate surface area is 116 Å². The lowest BCUT2D eigenvalue weighted by atomic mass is 10.1. The molecule has 0 spiro atoms. The van der Waals surface area contributed by atoms with Crippen molar-refractivity contribution in [3.05, 3.63) is 30.0 Å². The van der Waals surface area contributed by atoms with Gasteiger partial charge in [0.1, 0.15) is 0 Å². The van der Waals surface area contributed by atoms with Crippen LogP contribution in [0.3, 0.4) is 0 Å². The van der Waals surface area contributed by atoms with E-state index in [4.69, 9.17) is 4.74 Å². The van der Waals surface area contributed by atoms with Crippen LogP contribution in [0.15, 0.2) is 24.3 Å². The summed E-state index contributed by atoms with van der Waals surface area (Å²) in [5.74, 6) is 0.